The van der Waals surface area contributed by atoms with Crippen molar-refractivity contribution in [1.29, 1.82) is 0 Å². The lowest BCUT2D eigenvalue weighted by Crippen LogP contribution is -2.36. The van der Waals surface area contributed by atoms with Gasteiger partial charge in [0.05, 0.1) is 11.5 Å². The van der Waals surface area contributed by atoms with E-state index in [1.54, 1.807) is 30.3 Å². The van der Waals surface area contributed by atoms with Crippen LogP contribution in [0, 0.1) is 5.82 Å². The number of H-pyrrole nitrogens is 1. The van der Waals surface area contributed by atoms with Crippen molar-refractivity contribution in [2.75, 3.05) is 10.6 Å². The summed E-state index contributed by atoms with van der Waals surface area (Å²) in [7, 11) is 0. The molecule has 0 saturated carbocycles. The Labute approximate surface area is 187 Å². The topological polar surface area (TPSA) is 104 Å². The van der Waals surface area contributed by atoms with E-state index in [0.29, 0.717) is 11.3 Å². The second-order valence-corrected chi connectivity index (χ2v) is 8.32. The molecule has 0 saturated heterocycles. The maximum Gasteiger partial charge on any atom is 0.257 e. The Hall–Kier alpha value is -3.46. The molecule has 3 aromatic rings. The monoisotopic (exact) mass is 452 g/mol. The van der Waals surface area contributed by atoms with Crippen molar-refractivity contribution in [3.8, 4) is 0 Å². The van der Waals surface area contributed by atoms with Crippen molar-refractivity contribution < 1.29 is 14.0 Å². The molecule has 164 valence electrons. The number of halogens is 1. The van der Waals surface area contributed by atoms with Gasteiger partial charge in [-0.3, -0.25) is 14.4 Å². The molecule has 1 aliphatic rings. The van der Waals surface area contributed by atoms with Gasteiger partial charge in [-0.25, -0.2) is 9.37 Å². The Bertz CT molecular complexity index is 1230. The first-order valence-electron chi connectivity index (χ1n) is 10.1. The second-order valence-electron chi connectivity index (χ2n) is 7.36. The first-order chi connectivity index (χ1) is 15.4. The molecule has 0 radical (unpaired) electrons. The van der Waals surface area contributed by atoms with E-state index in [9.17, 15) is 18.8 Å². The molecular weight excluding hydrogens is 431 g/mol. The first-order valence-corrected chi connectivity index (χ1v) is 11.1. The predicted molar refractivity (Wildman–Crippen MR) is 121 cm³/mol. The van der Waals surface area contributed by atoms with E-state index in [1.807, 2.05) is 19.1 Å². The number of hydrogen-bond donors (Lipinski definition) is 3. The van der Waals surface area contributed by atoms with Crippen LogP contribution in [-0.4, -0.2) is 21.8 Å². The fourth-order valence-electron chi connectivity index (χ4n) is 3.46. The minimum absolute atomic E-state index is 0.0579. The fraction of sp³-hybridized carbons (Fsp3) is 0.217. The van der Waals surface area contributed by atoms with Gasteiger partial charge >= 0.3 is 0 Å². The standard InChI is InChI=1S/C23H21FN4O3S/c1-2-13-7-9-15(10-8-13)25-21(30)16-11-18(29)26-20-19(16)22(31)28-23(27-20)32-12-14-5-3-4-6-17(14)24/h3-10,16H,2,11-12H2,1H3,(H,25,30)(H2,26,27,28,29,31)/t16-/m0/s1. The Morgan fingerprint density at radius 2 is 1.94 bits per heavy atom. The zero-order valence-electron chi connectivity index (χ0n) is 17.3. The number of aromatic amines is 1. The number of amides is 2. The molecule has 32 heavy (non-hydrogen) atoms. The van der Waals surface area contributed by atoms with Crippen molar-refractivity contribution in [2.45, 2.75) is 36.6 Å². The Morgan fingerprint density at radius 1 is 1.19 bits per heavy atom. The number of thioether (sulfide) groups is 1. The second kappa shape index (κ2) is 9.35. The molecule has 1 aliphatic heterocycles. The van der Waals surface area contributed by atoms with E-state index in [-0.39, 0.29) is 34.5 Å². The van der Waals surface area contributed by atoms with E-state index < -0.39 is 23.3 Å². The summed E-state index contributed by atoms with van der Waals surface area (Å²) >= 11 is 1.13. The highest BCUT2D eigenvalue weighted by Gasteiger charge is 2.34. The van der Waals surface area contributed by atoms with Crippen molar-refractivity contribution in [3.63, 3.8) is 0 Å². The van der Waals surface area contributed by atoms with Crippen LogP contribution in [0.1, 0.15) is 36.0 Å². The Balaban J connectivity index is 1.56. The van der Waals surface area contributed by atoms with Crippen LogP contribution in [0.3, 0.4) is 0 Å². The Morgan fingerprint density at radius 3 is 2.66 bits per heavy atom. The third-order valence-electron chi connectivity index (χ3n) is 5.20. The molecule has 4 rings (SSSR count). The number of carbonyl (C=O) groups is 2. The van der Waals surface area contributed by atoms with Gasteiger partial charge in [0.2, 0.25) is 11.8 Å². The summed E-state index contributed by atoms with van der Waals surface area (Å²) in [6.45, 7) is 2.04. The molecule has 0 spiro atoms. The van der Waals surface area contributed by atoms with Crippen LogP contribution >= 0.6 is 11.8 Å². The summed E-state index contributed by atoms with van der Waals surface area (Å²) in [6, 6.07) is 13.7. The summed E-state index contributed by atoms with van der Waals surface area (Å²) < 4.78 is 13.9. The number of benzene rings is 2. The predicted octanol–water partition coefficient (Wildman–Crippen LogP) is 3.83. The number of fused-ring (bicyclic) bond motifs is 1. The lowest BCUT2D eigenvalue weighted by atomic mass is 9.92. The van der Waals surface area contributed by atoms with Crippen molar-refractivity contribution in [2.24, 2.45) is 0 Å². The normalized spacial score (nSPS) is 15.1. The molecule has 0 unspecified atom stereocenters. The molecule has 1 aromatic heterocycles. The van der Waals surface area contributed by atoms with Gasteiger partial charge in [-0.15, -0.1) is 0 Å². The largest absolute Gasteiger partial charge is 0.326 e. The van der Waals surface area contributed by atoms with Crippen LogP contribution in [0.5, 0.6) is 0 Å². The quantitative estimate of drug-likeness (QED) is 0.390. The third-order valence-corrected chi connectivity index (χ3v) is 6.12. The van der Waals surface area contributed by atoms with Gasteiger partial charge in [0.15, 0.2) is 5.16 Å². The lowest BCUT2D eigenvalue weighted by molar-refractivity contribution is -0.123. The molecule has 2 aromatic carbocycles. The van der Waals surface area contributed by atoms with Crippen LogP contribution in [0.2, 0.25) is 0 Å². The number of aryl methyl sites for hydroxylation is 1. The number of hydrogen-bond acceptors (Lipinski definition) is 5. The van der Waals surface area contributed by atoms with Crippen LogP contribution in [0.4, 0.5) is 15.9 Å². The number of anilines is 2. The smallest absolute Gasteiger partial charge is 0.257 e. The highest BCUT2D eigenvalue weighted by Crippen LogP contribution is 2.31. The highest BCUT2D eigenvalue weighted by atomic mass is 32.2. The maximum atomic E-state index is 13.9. The number of rotatable bonds is 6. The first kappa shape index (κ1) is 21.8. The van der Waals surface area contributed by atoms with Gasteiger partial charge in [0.1, 0.15) is 11.6 Å². The summed E-state index contributed by atoms with van der Waals surface area (Å²) in [4.78, 5) is 44.9. The molecule has 3 N–H and O–H groups in total. The molecule has 7 nitrogen and oxygen atoms in total. The number of aromatic nitrogens is 2. The molecular formula is C23H21FN4O3S. The van der Waals surface area contributed by atoms with E-state index in [0.717, 1.165) is 23.7 Å². The number of nitrogens with zero attached hydrogens (tertiary/aromatic N) is 1. The molecule has 0 fully saturated rings. The van der Waals surface area contributed by atoms with Gasteiger partial charge in [-0.05, 0) is 35.7 Å². The van der Waals surface area contributed by atoms with E-state index in [4.69, 9.17) is 0 Å². The van der Waals surface area contributed by atoms with Gasteiger partial charge in [-0.2, -0.15) is 0 Å². The van der Waals surface area contributed by atoms with Gasteiger partial charge in [-0.1, -0.05) is 49.0 Å². The molecule has 1 atom stereocenters. The van der Waals surface area contributed by atoms with Crippen LogP contribution < -0.4 is 16.2 Å². The maximum absolute atomic E-state index is 13.9. The highest BCUT2D eigenvalue weighted by molar-refractivity contribution is 7.98. The lowest BCUT2D eigenvalue weighted by Gasteiger charge is -2.23. The van der Waals surface area contributed by atoms with Crippen molar-refractivity contribution in [1.82, 2.24) is 9.97 Å². The molecule has 2 amide bonds. The van der Waals surface area contributed by atoms with Gasteiger partial charge in [0.25, 0.3) is 5.56 Å². The van der Waals surface area contributed by atoms with Crippen molar-refractivity contribution in [3.05, 3.63) is 81.4 Å². The van der Waals surface area contributed by atoms with Crippen LogP contribution in [-0.2, 0) is 21.8 Å². The minimum Gasteiger partial charge on any atom is -0.326 e. The Kier molecular flexibility index (Phi) is 6.36. The zero-order chi connectivity index (χ0) is 22.7. The van der Waals surface area contributed by atoms with Gasteiger partial charge < -0.3 is 15.6 Å². The van der Waals surface area contributed by atoms with Gasteiger partial charge in [0, 0.05) is 17.9 Å². The average molecular weight is 453 g/mol. The SMILES string of the molecule is CCc1ccc(NC(=O)[C@H]2CC(=O)Nc3nc(SCc4ccccc4F)[nH]c(=O)c32)cc1. The summed E-state index contributed by atoms with van der Waals surface area (Å²) in [5, 5.41) is 5.58. The fourth-order valence-corrected chi connectivity index (χ4v) is 4.30. The molecule has 0 bridgehead atoms. The van der Waals surface area contributed by atoms with Crippen LogP contribution in [0.25, 0.3) is 0 Å². The molecule has 9 heteroatoms. The number of carbonyl (C=O) groups excluding carboxylic acids is 2. The van der Waals surface area contributed by atoms with E-state index >= 15 is 0 Å². The summed E-state index contributed by atoms with van der Waals surface area (Å²) in [6.07, 6.45) is 0.723. The number of nitrogens with one attached hydrogen (secondary N) is 3. The average Bonchev–Trinajstić information content (AvgIpc) is 2.78. The minimum atomic E-state index is -0.966. The van der Waals surface area contributed by atoms with Crippen molar-refractivity contribution >= 4 is 35.1 Å². The zero-order valence-corrected chi connectivity index (χ0v) is 18.1. The molecule has 2 heterocycles. The van der Waals surface area contributed by atoms with Crippen LogP contribution in [0.15, 0.2) is 58.5 Å². The summed E-state index contributed by atoms with van der Waals surface area (Å²) in [5.74, 6) is -1.86. The third kappa shape index (κ3) is 4.72. The molecule has 0 aliphatic carbocycles. The van der Waals surface area contributed by atoms with E-state index in [1.165, 1.54) is 6.07 Å². The van der Waals surface area contributed by atoms with E-state index in [2.05, 4.69) is 20.6 Å². The summed E-state index contributed by atoms with van der Waals surface area (Å²) in [5.41, 5.74) is 1.79.